The van der Waals surface area contributed by atoms with Crippen LogP contribution in [0, 0.1) is 5.41 Å². The Morgan fingerprint density at radius 3 is 1.18 bits per heavy atom. The van der Waals surface area contributed by atoms with Crippen molar-refractivity contribution in [2.45, 2.75) is 0 Å². The van der Waals surface area contributed by atoms with Crippen LogP contribution >= 0.6 is 0 Å². The number of hydrogen-bond acceptors (Lipinski definition) is 2. The van der Waals surface area contributed by atoms with Gasteiger partial charge in [0.1, 0.15) is 0 Å². The van der Waals surface area contributed by atoms with Gasteiger partial charge in [0.2, 0.25) is 6.08 Å². The van der Waals surface area contributed by atoms with E-state index < -0.39 is 0 Å². The van der Waals surface area contributed by atoms with Crippen LogP contribution in [-0.2, 0) is 4.79 Å². The molecule has 1 N–H and O–H groups in total. The Morgan fingerprint density at radius 1 is 0.706 bits per heavy atom. The first-order chi connectivity index (χ1) is 8.35. The maximum Gasteiger partial charge on any atom is 0.231 e. The molecule has 0 bridgehead atoms. The van der Waals surface area contributed by atoms with Gasteiger partial charge in [0.05, 0.1) is 0 Å². The lowest BCUT2D eigenvalue weighted by molar-refractivity contribution is 0.563. The van der Waals surface area contributed by atoms with Crippen LogP contribution in [0.2, 0.25) is 0 Å². The number of rotatable bonds is 0. The van der Waals surface area contributed by atoms with E-state index >= 15 is 0 Å². The van der Waals surface area contributed by atoms with Gasteiger partial charge in [-0.05, 0) is 33.7 Å². The average Bonchev–Trinajstić information content (AvgIpc) is 2.37. The van der Waals surface area contributed by atoms with E-state index in [9.17, 15) is 0 Å². The standard InChI is InChI=1S/C14H10.CHNO/c1-2-6-12-10-14-8-4-3-7-13(14)9-11(12)5-1;2-1-3/h1-10H;2H. The van der Waals surface area contributed by atoms with Crippen molar-refractivity contribution in [3.8, 4) is 0 Å². The highest BCUT2D eigenvalue weighted by atomic mass is 16.1. The van der Waals surface area contributed by atoms with Gasteiger partial charge in [0.25, 0.3) is 0 Å². The number of fused-ring (bicyclic) bond motifs is 2. The number of hydrogen-bond donors (Lipinski definition) is 1. The van der Waals surface area contributed by atoms with Crippen molar-refractivity contribution in [3.05, 3.63) is 60.7 Å². The van der Waals surface area contributed by atoms with Crippen LogP contribution in [0.3, 0.4) is 0 Å². The van der Waals surface area contributed by atoms with E-state index in [4.69, 9.17) is 10.2 Å². The predicted molar refractivity (Wildman–Crippen MR) is 69.9 cm³/mol. The van der Waals surface area contributed by atoms with Crippen LogP contribution in [0.5, 0.6) is 0 Å². The largest absolute Gasteiger partial charge is 0.231 e. The van der Waals surface area contributed by atoms with Gasteiger partial charge in [-0.25, -0.2) is 10.2 Å². The van der Waals surface area contributed by atoms with E-state index in [1.54, 1.807) is 0 Å². The zero-order chi connectivity index (χ0) is 12.1. The average molecular weight is 221 g/mol. The van der Waals surface area contributed by atoms with Crippen LogP contribution in [-0.4, -0.2) is 6.08 Å². The van der Waals surface area contributed by atoms with Crippen LogP contribution in [0.15, 0.2) is 60.7 Å². The van der Waals surface area contributed by atoms with Crippen LogP contribution in [0.4, 0.5) is 0 Å². The van der Waals surface area contributed by atoms with Crippen molar-refractivity contribution in [2.24, 2.45) is 0 Å². The fourth-order valence-corrected chi connectivity index (χ4v) is 1.88. The minimum Gasteiger partial charge on any atom is -0.222 e. The topological polar surface area (TPSA) is 40.9 Å². The predicted octanol–water partition coefficient (Wildman–Crippen LogP) is 3.89. The van der Waals surface area contributed by atoms with Gasteiger partial charge < -0.3 is 0 Å². The molecule has 0 aliphatic carbocycles. The molecule has 0 aliphatic rings. The minimum absolute atomic E-state index is 0.750. The van der Waals surface area contributed by atoms with Crippen LogP contribution in [0.25, 0.3) is 21.5 Å². The van der Waals surface area contributed by atoms with E-state index in [2.05, 4.69) is 60.7 Å². The first kappa shape index (κ1) is 11.1. The lowest BCUT2D eigenvalue weighted by atomic mass is 10.0. The van der Waals surface area contributed by atoms with Crippen molar-refractivity contribution in [1.82, 2.24) is 0 Å². The van der Waals surface area contributed by atoms with Crippen LogP contribution in [0.1, 0.15) is 0 Å². The van der Waals surface area contributed by atoms with E-state index in [1.807, 2.05) is 0 Å². The third-order valence-electron chi connectivity index (χ3n) is 2.61. The Bertz CT molecular complexity index is 577. The van der Waals surface area contributed by atoms with E-state index in [1.165, 1.54) is 21.5 Å². The number of isocyanates is 1. The summed E-state index contributed by atoms with van der Waals surface area (Å²) in [5, 5.41) is 10.6. The molecule has 2 heteroatoms. The molecule has 3 aromatic carbocycles. The van der Waals surface area contributed by atoms with Gasteiger partial charge in [0.15, 0.2) is 0 Å². The summed E-state index contributed by atoms with van der Waals surface area (Å²) in [6, 6.07) is 21.4. The van der Waals surface area contributed by atoms with Crippen molar-refractivity contribution in [3.63, 3.8) is 0 Å². The molecular formula is C15H11NO. The molecule has 3 aromatic rings. The Morgan fingerprint density at radius 2 is 0.941 bits per heavy atom. The first-order valence-corrected chi connectivity index (χ1v) is 5.26. The molecule has 17 heavy (non-hydrogen) atoms. The Labute approximate surface area is 99.0 Å². The summed E-state index contributed by atoms with van der Waals surface area (Å²) in [4.78, 5) is 8.35. The summed E-state index contributed by atoms with van der Waals surface area (Å²) in [6.45, 7) is 0. The second kappa shape index (κ2) is 5.06. The van der Waals surface area contributed by atoms with E-state index in [-0.39, 0.29) is 0 Å². The van der Waals surface area contributed by atoms with E-state index in [0.717, 1.165) is 6.08 Å². The molecule has 0 aromatic heterocycles. The molecule has 0 spiro atoms. The molecule has 0 atom stereocenters. The molecule has 0 saturated heterocycles. The smallest absolute Gasteiger partial charge is 0.222 e. The summed E-state index contributed by atoms with van der Waals surface area (Å²) in [5.41, 5.74) is 0. The quantitative estimate of drug-likeness (QED) is 0.349. The summed E-state index contributed by atoms with van der Waals surface area (Å²) in [6.07, 6.45) is 0.750. The fraction of sp³-hybridized carbons (Fsp3) is 0. The molecule has 0 unspecified atom stereocenters. The Balaban J connectivity index is 0.000000329. The molecule has 0 heterocycles. The van der Waals surface area contributed by atoms with Gasteiger partial charge in [-0.3, -0.25) is 0 Å². The van der Waals surface area contributed by atoms with Crippen molar-refractivity contribution in [1.29, 1.82) is 5.41 Å². The highest BCUT2D eigenvalue weighted by Crippen LogP contribution is 2.21. The van der Waals surface area contributed by atoms with Gasteiger partial charge >= 0.3 is 0 Å². The Kier molecular flexibility index (Phi) is 3.29. The fourth-order valence-electron chi connectivity index (χ4n) is 1.88. The van der Waals surface area contributed by atoms with Gasteiger partial charge in [0, 0.05) is 0 Å². The monoisotopic (exact) mass is 221 g/mol. The van der Waals surface area contributed by atoms with Crippen molar-refractivity contribution in [2.75, 3.05) is 0 Å². The van der Waals surface area contributed by atoms with Gasteiger partial charge in [-0.2, -0.15) is 0 Å². The number of nitrogens with one attached hydrogen (secondary N) is 1. The second-order valence-corrected chi connectivity index (χ2v) is 3.65. The maximum atomic E-state index is 8.35. The molecule has 82 valence electrons. The SMILES string of the molecule is N=C=O.c1ccc2cc3ccccc3cc2c1. The normalized spacial score (nSPS) is 9.41. The molecule has 0 fully saturated rings. The number of benzene rings is 3. The summed E-state index contributed by atoms with van der Waals surface area (Å²) >= 11 is 0. The van der Waals surface area contributed by atoms with Crippen LogP contribution < -0.4 is 0 Å². The molecule has 2 nitrogen and oxygen atoms in total. The number of carbonyl (C=O) groups excluding carboxylic acids is 1. The van der Waals surface area contributed by atoms with E-state index in [0.29, 0.717) is 0 Å². The lowest BCUT2D eigenvalue weighted by Gasteiger charge is -2.00. The van der Waals surface area contributed by atoms with Crippen molar-refractivity contribution < 1.29 is 4.79 Å². The molecular weight excluding hydrogens is 210 g/mol. The van der Waals surface area contributed by atoms with Gasteiger partial charge in [-0.15, -0.1) is 0 Å². The molecule has 0 radical (unpaired) electrons. The minimum atomic E-state index is 0.750. The Hall–Kier alpha value is -2.44. The molecule has 0 saturated carbocycles. The third kappa shape index (κ3) is 2.39. The summed E-state index contributed by atoms with van der Waals surface area (Å²) in [5.74, 6) is 0. The summed E-state index contributed by atoms with van der Waals surface area (Å²) < 4.78 is 0. The maximum absolute atomic E-state index is 8.35. The third-order valence-corrected chi connectivity index (χ3v) is 2.61. The lowest BCUT2D eigenvalue weighted by Crippen LogP contribution is -1.74. The van der Waals surface area contributed by atoms with Gasteiger partial charge in [-0.1, -0.05) is 48.5 Å². The highest BCUT2D eigenvalue weighted by Gasteiger charge is 1.95. The molecule has 0 amide bonds. The summed E-state index contributed by atoms with van der Waals surface area (Å²) in [7, 11) is 0. The second-order valence-electron chi connectivity index (χ2n) is 3.65. The molecule has 3 rings (SSSR count). The van der Waals surface area contributed by atoms with Crippen molar-refractivity contribution >= 4 is 27.6 Å². The molecule has 0 aliphatic heterocycles. The zero-order valence-corrected chi connectivity index (χ0v) is 9.18. The first-order valence-electron chi connectivity index (χ1n) is 5.26. The zero-order valence-electron chi connectivity index (χ0n) is 9.18. The highest BCUT2D eigenvalue weighted by molar-refractivity contribution is 5.98.